The molecule has 5 nitrogen and oxygen atoms in total. The van der Waals surface area contributed by atoms with Crippen molar-refractivity contribution >= 4 is 34.4 Å². The third-order valence-electron chi connectivity index (χ3n) is 3.69. The van der Waals surface area contributed by atoms with Crippen LogP contribution in [-0.4, -0.2) is 39.0 Å². The Morgan fingerprint density at radius 1 is 1.50 bits per heavy atom. The van der Waals surface area contributed by atoms with Gasteiger partial charge in [-0.15, -0.1) is 5.10 Å². The SMILES string of the molecule is Cc1cccc(Nc2nn(CN3CCC[C@@H](O)C3)c(=S)s2)c1. The first-order chi connectivity index (χ1) is 10.6. The predicted molar refractivity (Wildman–Crippen MR) is 92.2 cm³/mol. The van der Waals surface area contributed by atoms with Gasteiger partial charge in [0.15, 0.2) is 3.95 Å². The van der Waals surface area contributed by atoms with E-state index in [0.29, 0.717) is 13.2 Å². The number of rotatable bonds is 4. The fourth-order valence-electron chi connectivity index (χ4n) is 2.64. The van der Waals surface area contributed by atoms with Gasteiger partial charge in [0.2, 0.25) is 5.13 Å². The minimum Gasteiger partial charge on any atom is -0.392 e. The molecule has 0 spiro atoms. The minimum absolute atomic E-state index is 0.230. The normalized spacial score (nSPS) is 19.3. The molecule has 1 fully saturated rings. The summed E-state index contributed by atoms with van der Waals surface area (Å²) in [5.41, 5.74) is 2.22. The van der Waals surface area contributed by atoms with Crippen LogP contribution in [-0.2, 0) is 6.67 Å². The van der Waals surface area contributed by atoms with Crippen molar-refractivity contribution in [2.75, 3.05) is 18.4 Å². The lowest BCUT2D eigenvalue weighted by Gasteiger charge is -2.29. The Kier molecular flexibility index (Phi) is 4.87. The molecule has 1 aromatic heterocycles. The zero-order chi connectivity index (χ0) is 15.5. The van der Waals surface area contributed by atoms with E-state index >= 15 is 0 Å². The topological polar surface area (TPSA) is 53.3 Å². The van der Waals surface area contributed by atoms with Crippen molar-refractivity contribution in [3.05, 3.63) is 33.8 Å². The standard InChI is InChI=1S/C15H20N4OS2/c1-11-4-2-5-12(8-11)16-14-17-19(15(21)22-14)10-18-7-3-6-13(20)9-18/h2,4-5,8,13,20H,3,6-7,9-10H2,1H3,(H,16,17)/t13-/m1/s1. The van der Waals surface area contributed by atoms with E-state index in [9.17, 15) is 5.11 Å². The van der Waals surface area contributed by atoms with E-state index in [-0.39, 0.29) is 6.10 Å². The molecule has 0 amide bonds. The summed E-state index contributed by atoms with van der Waals surface area (Å²) in [5, 5.41) is 18.4. The highest BCUT2D eigenvalue weighted by atomic mass is 32.1. The molecule has 2 aromatic rings. The Hall–Kier alpha value is -1.28. The first-order valence-electron chi connectivity index (χ1n) is 7.42. The third-order valence-corrected chi connectivity index (χ3v) is 4.91. The van der Waals surface area contributed by atoms with E-state index in [1.165, 1.54) is 16.9 Å². The summed E-state index contributed by atoms with van der Waals surface area (Å²) in [6.45, 7) is 4.38. The zero-order valence-electron chi connectivity index (χ0n) is 12.5. The molecular formula is C15H20N4OS2. The van der Waals surface area contributed by atoms with E-state index < -0.39 is 0 Å². The summed E-state index contributed by atoms with van der Waals surface area (Å²) in [6, 6.07) is 8.18. The minimum atomic E-state index is -0.230. The van der Waals surface area contributed by atoms with E-state index in [2.05, 4.69) is 34.4 Å². The van der Waals surface area contributed by atoms with Gasteiger partial charge in [0, 0.05) is 18.8 Å². The number of aryl methyl sites for hydroxylation is 1. The van der Waals surface area contributed by atoms with Gasteiger partial charge >= 0.3 is 0 Å². The molecule has 22 heavy (non-hydrogen) atoms. The number of piperidine rings is 1. The van der Waals surface area contributed by atoms with Crippen LogP contribution in [0.25, 0.3) is 0 Å². The molecule has 118 valence electrons. The average Bonchev–Trinajstić information content (AvgIpc) is 2.79. The first kappa shape index (κ1) is 15.6. The van der Waals surface area contributed by atoms with E-state index in [1.54, 1.807) is 0 Å². The van der Waals surface area contributed by atoms with Crippen LogP contribution in [0.4, 0.5) is 10.8 Å². The average molecular weight is 336 g/mol. The Balaban J connectivity index is 1.69. The van der Waals surface area contributed by atoms with Crippen LogP contribution in [0.1, 0.15) is 18.4 Å². The second-order valence-corrected chi connectivity index (χ2v) is 7.30. The number of hydrogen-bond donors (Lipinski definition) is 2. The van der Waals surface area contributed by atoms with Gasteiger partial charge in [-0.1, -0.05) is 23.5 Å². The largest absolute Gasteiger partial charge is 0.392 e. The molecule has 3 rings (SSSR count). The maximum Gasteiger partial charge on any atom is 0.209 e. The van der Waals surface area contributed by atoms with E-state index in [4.69, 9.17) is 12.2 Å². The van der Waals surface area contributed by atoms with Gasteiger partial charge in [-0.3, -0.25) is 4.90 Å². The van der Waals surface area contributed by atoms with E-state index in [1.807, 2.05) is 16.8 Å². The number of anilines is 2. The number of likely N-dealkylation sites (tertiary alicyclic amines) is 1. The monoisotopic (exact) mass is 336 g/mol. The van der Waals surface area contributed by atoms with Gasteiger partial charge in [0.05, 0.1) is 12.8 Å². The maximum absolute atomic E-state index is 9.75. The molecule has 0 saturated carbocycles. The number of aliphatic hydroxyl groups is 1. The van der Waals surface area contributed by atoms with Crippen molar-refractivity contribution < 1.29 is 5.11 Å². The number of hydrogen-bond acceptors (Lipinski definition) is 6. The highest BCUT2D eigenvalue weighted by Gasteiger charge is 2.18. The molecule has 1 aliphatic heterocycles. The van der Waals surface area contributed by atoms with Gasteiger partial charge in [0.1, 0.15) is 0 Å². The predicted octanol–water partition coefficient (Wildman–Crippen LogP) is 3.14. The molecule has 0 unspecified atom stereocenters. The van der Waals surface area contributed by atoms with Crippen LogP contribution >= 0.6 is 23.6 Å². The molecule has 2 heterocycles. The fourth-order valence-corrected chi connectivity index (χ4v) is 3.65. The van der Waals surface area contributed by atoms with Crippen molar-refractivity contribution in [2.45, 2.75) is 32.5 Å². The maximum atomic E-state index is 9.75. The Labute approximate surface area is 139 Å². The van der Waals surface area contributed by atoms with E-state index in [0.717, 1.165) is 34.2 Å². The quantitative estimate of drug-likeness (QED) is 0.840. The summed E-state index contributed by atoms with van der Waals surface area (Å²) in [5.74, 6) is 0. The van der Waals surface area contributed by atoms with Crippen molar-refractivity contribution in [2.24, 2.45) is 0 Å². The molecule has 7 heteroatoms. The second-order valence-electron chi connectivity index (χ2n) is 5.68. The van der Waals surface area contributed by atoms with Crippen molar-refractivity contribution in [3.8, 4) is 0 Å². The molecule has 0 aliphatic carbocycles. The molecule has 1 aliphatic rings. The van der Waals surface area contributed by atoms with Crippen molar-refractivity contribution in [3.63, 3.8) is 0 Å². The van der Waals surface area contributed by atoms with Gasteiger partial charge < -0.3 is 10.4 Å². The summed E-state index contributed by atoms with van der Waals surface area (Å²) in [4.78, 5) is 2.19. The first-order valence-corrected chi connectivity index (χ1v) is 8.65. The zero-order valence-corrected chi connectivity index (χ0v) is 14.2. The van der Waals surface area contributed by atoms with Gasteiger partial charge in [-0.2, -0.15) is 0 Å². The Morgan fingerprint density at radius 3 is 3.14 bits per heavy atom. The molecule has 0 bridgehead atoms. The molecular weight excluding hydrogens is 316 g/mol. The molecule has 1 aromatic carbocycles. The lowest BCUT2D eigenvalue weighted by Crippen LogP contribution is -2.39. The lowest BCUT2D eigenvalue weighted by atomic mass is 10.1. The van der Waals surface area contributed by atoms with Crippen molar-refractivity contribution in [1.29, 1.82) is 0 Å². The number of aliphatic hydroxyl groups excluding tert-OH is 1. The van der Waals surface area contributed by atoms with Crippen LogP contribution in [0.5, 0.6) is 0 Å². The molecule has 0 radical (unpaired) electrons. The van der Waals surface area contributed by atoms with Crippen molar-refractivity contribution in [1.82, 2.24) is 14.7 Å². The summed E-state index contributed by atoms with van der Waals surface area (Å²) in [6.07, 6.45) is 1.68. The van der Waals surface area contributed by atoms with Crippen LogP contribution in [0, 0.1) is 10.9 Å². The Morgan fingerprint density at radius 2 is 2.36 bits per heavy atom. The van der Waals surface area contributed by atoms with Crippen LogP contribution in [0.3, 0.4) is 0 Å². The lowest BCUT2D eigenvalue weighted by molar-refractivity contribution is 0.0516. The van der Waals surface area contributed by atoms with Gasteiger partial charge in [0.25, 0.3) is 0 Å². The fraction of sp³-hybridized carbons (Fsp3) is 0.467. The summed E-state index contributed by atoms with van der Waals surface area (Å²) in [7, 11) is 0. The number of nitrogens with zero attached hydrogens (tertiary/aromatic N) is 3. The molecule has 2 N–H and O–H groups in total. The number of nitrogens with one attached hydrogen (secondary N) is 1. The van der Waals surface area contributed by atoms with Crippen LogP contribution in [0.15, 0.2) is 24.3 Å². The smallest absolute Gasteiger partial charge is 0.209 e. The second kappa shape index (κ2) is 6.87. The summed E-state index contributed by atoms with van der Waals surface area (Å²) < 4.78 is 2.58. The van der Waals surface area contributed by atoms with Crippen LogP contribution in [0.2, 0.25) is 0 Å². The number of benzene rings is 1. The number of β-amino-alcohol motifs (C(OH)–C–C–N with tert-alkyl or cyclic N) is 1. The van der Waals surface area contributed by atoms with Gasteiger partial charge in [-0.05, 0) is 49.7 Å². The Bertz CT molecular complexity index is 697. The van der Waals surface area contributed by atoms with Gasteiger partial charge in [-0.25, -0.2) is 4.68 Å². The number of aromatic nitrogens is 2. The summed E-state index contributed by atoms with van der Waals surface area (Å²) >= 11 is 6.87. The van der Waals surface area contributed by atoms with Crippen LogP contribution < -0.4 is 5.32 Å². The highest BCUT2D eigenvalue weighted by molar-refractivity contribution is 7.73. The molecule has 1 atom stereocenters. The highest BCUT2D eigenvalue weighted by Crippen LogP contribution is 2.21. The molecule has 1 saturated heterocycles. The third kappa shape index (κ3) is 3.92.